The van der Waals surface area contributed by atoms with E-state index in [9.17, 15) is 4.79 Å². The summed E-state index contributed by atoms with van der Waals surface area (Å²) in [7, 11) is 1.83. The van der Waals surface area contributed by atoms with Crippen LogP contribution in [0.3, 0.4) is 0 Å². The van der Waals surface area contributed by atoms with Crippen molar-refractivity contribution in [3.63, 3.8) is 0 Å². The molecule has 116 valence electrons. The van der Waals surface area contributed by atoms with E-state index >= 15 is 0 Å². The molecule has 1 fully saturated rings. The molecular formula is C15H25N5O. The average Bonchev–Trinajstić information content (AvgIpc) is 2.34. The summed E-state index contributed by atoms with van der Waals surface area (Å²) in [6.45, 7) is 11.4. The van der Waals surface area contributed by atoms with Crippen LogP contribution in [0, 0.1) is 0 Å². The molecule has 0 spiro atoms. The summed E-state index contributed by atoms with van der Waals surface area (Å²) in [6.07, 6.45) is 0. The number of nitrogens with two attached hydrogens (primary N) is 1. The highest BCUT2D eigenvalue weighted by atomic mass is 16.2. The Labute approximate surface area is 126 Å². The van der Waals surface area contributed by atoms with Gasteiger partial charge < -0.3 is 15.5 Å². The van der Waals surface area contributed by atoms with Gasteiger partial charge in [0.15, 0.2) is 0 Å². The first-order chi connectivity index (χ1) is 9.53. The predicted octanol–water partition coefficient (Wildman–Crippen LogP) is 1.41. The van der Waals surface area contributed by atoms with Crippen molar-refractivity contribution in [2.45, 2.75) is 45.6 Å². The molecule has 1 aromatic heterocycles. The third-order valence-corrected chi connectivity index (χ3v) is 3.88. The number of carbonyl (C=O) groups is 1. The zero-order valence-electron chi connectivity index (χ0n) is 13.8. The van der Waals surface area contributed by atoms with E-state index in [1.807, 2.05) is 46.6 Å². The highest BCUT2D eigenvalue weighted by Gasteiger charge is 2.41. The van der Waals surface area contributed by atoms with E-state index in [1.54, 1.807) is 11.0 Å². The van der Waals surface area contributed by atoms with Gasteiger partial charge in [-0.25, -0.2) is 9.97 Å². The van der Waals surface area contributed by atoms with Crippen LogP contribution in [-0.2, 0) is 10.2 Å². The fraction of sp³-hybridized carbons (Fsp3) is 0.667. The molecule has 6 nitrogen and oxygen atoms in total. The standard InChI is InChI=1S/C15H25N5O/c1-14(2,3)12-17-10(16)9-11(18-12)20-8-7-19(6)13(21)15(20,4)5/h9H,7-8H2,1-6H3,(H2,16,17,18). The Morgan fingerprint density at radius 1 is 1.24 bits per heavy atom. The van der Waals surface area contributed by atoms with Crippen molar-refractivity contribution in [3.8, 4) is 0 Å². The fourth-order valence-electron chi connectivity index (χ4n) is 2.54. The molecule has 0 radical (unpaired) electrons. The Balaban J connectivity index is 2.47. The van der Waals surface area contributed by atoms with E-state index in [2.05, 4.69) is 9.97 Å². The van der Waals surface area contributed by atoms with Crippen LogP contribution in [0.25, 0.3) is 0 Å². The Kier molecular flexibility index (Phi) is 3.59. The number of nitrogens with zero attached hydrogens (tertiary/aromatic N) is 4. The maximum absolute atomic E-state index is 12.4. The second-order valence-electron chi connectivity index (χ2n) is 7.16. The zero-order valence-corrected chi connectivity index (χ0v) is 13.8. The minimum Gasteiger partial charge on any atom is -0.384 e. The van der Waals surface area contributed by atoms with Crippen LogP contribution in [0.4, 0.5) is 11.6 Å². The Morgan fingerprint density at radius 3 is 2.43 bits per heavy atom. The lowest BCUT2D eigenvalue weighted by molar-refractivity contribution is -0.136. The van der Waals surface area contributed by atoms with Gasteiger partial charge in [-0.15, -0.1) is 0 Å². The number of amides is 1. The van der Waals surface area contributed by atoms with Gasteiger partial charge in [-0.05, 0) is 13.8 Å². The summed E-state index contributed by atoms with van der Waals surface area (Å²) in [5.41, 5.74) is 5.11. The van der Waals surface area contributed by atoms with Gasteiger partial charge in [0.1, 0.15) is 23.0 Å². The molecule has 1 aromatic rings. The Bertz CT molecular complexity index is 562. The second-order valence-corrected chi connectivity index (χ2v) is 7.16. The molecule has 0 aromatic carbocycles. The molecule has 2 heterocycles. The van der Waals surface area contributed by atoms with Crippen molar-refractivity contribution in [1.82, 2.24) is 14.9 Å². The number of anilines is 2. The maximum Gasteiger partial charge on any atom is 0.247 e. The van der Waals surface area contributed by atoms with Crippen molar-refractivity contribution in [1.29, 1.82) is 0 Å². The van der Waals surface area contributed by atoms with Crippen molar-refractivity contribution in [3.05, 3.63) is 11.9 Å². The van der Waals surface area contributed by atoms with Crippen molar-refractivity contribution < 1.29 is 4.79 Å². The van der Waals surface area contributed by atoms with E-state index in [1.165, 1.54) is 0 Å². The molecule has 2 rings (SSSR count). The summed E-state index contributed by atoms with van der Waals surface area (Å²) in [5, 5.41) is 0. The minimum atomic E-state index is -0.636. The fourth-order valence-corrected chi connectivity index (χ4v) is 2.54. The molecule has 0 atom stereocenters. The summed E-state index contributed by atoms with van der Waals surface area (Å²) >= 11 is 0. The predicted molar refractivity (Wildman–Crippen MR) is 84.2 cm³/mol. The topological polar surface area (TPSA) is 75.3 Å². The quantitative estimate of drug-likeness (QED) is 0.847. The van der Waals surface area contributed by atoms with Crippen molar-refractivity contribution in [2.75, 3.05) is 30.8 Å². The van der Waals surface area contributed by atoms with E-state index < -0.39 is 5.54 Å². The molecule has 0 aliphatic carbocycles. The van der Waals surface area contributed by atoms with Gasteiger partial charge in [0, 0.05) is 31.6 Å². The van der Waals surface area contributed by atoms with E-state index in [0.717, 1.165) is 12.4 Å². The smallest absolute Gasteiger partial charge is 0.247 e. The SMILES string of the molecule is CN1CCN(c2cc(N)nc(C(C)(C)C)n2)C(C)(C)C1=O. The van der Waals surface area contributed by atoms with Crippen LogP contribution >= 0.6 is 0 Å². The monoisotopic (exact) mass is 291 g/mol. The average molecular weight is 291 g/mol. The van der Waals surface area contributed by atoms with Crippen LogP contribution in [0.15, 0.2) is 6.07 Å². The molecule has 0 unspecified atom stereocenters. The maximum atomic E-state index is 12.4. The summed E-state index contributed by atoms with van der Waals surface area (Å²) in [6, 6.07) is 1.75. The van der Waals surface area contributed by atoms with Gasteiger partial charge in [0.05, 0.1) is 0 Å². The van der Waals surface area contributed by atoms with Crippen LogP contribution in [0.2, 0.25) is 0 Å². The summed E-state index contributed by atoms with van der Waals surface area (Å²) in [4.78, 5) is 25.2. The minimum absolute atomic E-state index is 0.0863. The zero-order chi connectivity index (χ0) is 16.0. The summed E-state index contributed by atoms with van der Waals surface area (Å²) < 4.78 is 0. The summed E-state index contributed by atoms with van der Waals surface area (Å²) in [5.74, 6) is 1.94. The van der Waals surface area contributed by atoms with E-state index in [-0.39, 0.29) is 11.3 Å². The van der Waals surface area contributed by atoms with Gasteiger partial charge in [0.2, 0.25) is 5.91 Å². The number of nitrogen functional groups attached to an aromatic ring is 1. The molecule has 1 amide bonds. The van der Waals surface area contributed by atoms with Gasteiger partial charge in [0.25, 0.3) is 0 Å². The lowest BCUT2D eigenvalue weighted by atomic mass is 9.95. The van der Waals surface area contributed by atoms with Crippen LogP contribution in [0.5, 0.6) is 0 Å². The lowest BCUT2D eigenvalue weighted by Gasteiger charge is -2.45. The van der Waals surface area contributed by atoms with Gasteiger partial charge in [-0.3, -0.25) is 4.79 Å². The largest absolute Gasteiger partial charge is 0.384 e. The molecule has 1 aliphatic rings. The Morgan fingerprint density at radius 2 is 1.86 bits per heavy atom. The highest BCUT2D eigenvalue weighted by Crippen LogP contribution is 2.30. The molecular weight excluding hydrogens is 266 g/mol. The number of rotatable bonds is 1. The van der Waals surface area contributed by atoms with Gasteiger partial charge in [-0.2, -0.15) is 0 Å². The number of likely N-dealkylation sites (N-methyl/N-ethyl adjacent to an activating group) is 1. The number of hydrogen-bond acceptors (Lipinski definition) is 5. The van der Waals surface area contributed by atoms with Crippen molar-refractivity contribution >= 4 is 17.5 Å². The molecule has 21 heavy (non-hydrogen) atoms. The molecule has 0 bridgehead atoms. The number of hydrogen-bond donors (Lipinski definition) is 1. The lowest BCUT2D eigenvalue weighted by Crippen LogP contribution is -2.62. The highest BCUT2D eigenvalue weighted by molar-refractivity contribution is 5.90. The second kappa shape index (κ2) is 4.86. The van der Waals surface area contributed by atoms with Crippen LogP contribution in [0.1, 0.15) is 40.4 Å². The molecule has 2 N–H and O–H groups in total. The molecule has 1 saturated heterocycles. The van der Waals surface area contributed by atoms with Gasteiger partial charge >= 0.3 is 0 Å². The number of aromatic nitrogens is 2. The molecule has 6 heteroatoms. The van der Waals surface area contributed by atoms with E-state index in [4.69, 9.17) is 5.73 Å². The van der Waals surface area contributed by atoms with Crippen LogP contribution in [-0.4, -0.2) is 46.5 Å². The normalized spacial score (nSPS) is 19.0. The third kappa shape index (κ3) is 2.80. The third-order valence-electron chi connectivity index (χ3n) is 3.88. The first-order valence-electron chi connectivity index (χ1n) is 7.22. The number of piperazine rings is 1. The number of carbonyl (C=O) groups excluding carboxylic acids is 1. The van der Waals surface area contributed by atoms with E-state index in [0.29, 0.717) is 18.2 Å². The molecule has 1 aliphatic heterocycles. The molecule has 0 saturated carbocycles. The van der Waals surface area contributed by atoms with Crippen molar-refractivity contribution in [2.24, 2.45) is 0 Å². The first kappa shape index (κ1) is 15.5. The Hall–Kier alpha value is -1.85. The van der Waals surface area contributed by atoms with Crippen LogP contribution < -0.4 is 10.6 Å². The van der Waals surface area contributed by atoms with Gasteiger partial charge in [-0.1, -0.05) is 20.8 Å². The first-order valence-corrected chi connectivity index (χ1v) is 7.22.